The van der Waals surface area contributed by atoms with Gasteiger partial charge in [-0.1, -0.05) is 46.5 Å². The van der Waals surface area contributed by atoms with E-state index in [0.29, 0.717) is 30.2 Å². The van der Waals surface area contributed by atoms with Crippen LogP contribution < -0.4 is 11.1 Å². The van der Waals surface area contributed by atoms with E-state index in [1.54, 1.807) is 0 Å². The smallest absolute Gasteiger partial charge is 0.223 e. The topological polar surface area (TPSA) is 55.1 Å². The zero-order valence-electron chi connectivity index (χ0n) is 14.8. The molecule has 2 saturated carbocycles. The number of nitrogens with two attached hydrogens (primary N) is 1. The third-order valence-electron chi connectivity index (χ3n) is 6.13. The van der Waals surface area contributed by atoms with E-state index in [9.17, 15) is 4.79 Å². The molecule has 0 radical (unpaired) electrons. The van der Waals surface area contributed by atoms with Gasteiger partial charge in [0.15, 0.2) is 0 Å². The van der Waals surface area contributed by atoms with E-state index in [-0.39, 0.29) is 17.9 Å². The lowest BCUT2D eigenvalue weighted by Crippen LogP contribution is -2.46. The summed E-state index contributed by atoms with van der Waals surface area (Å²) in [7, 11) is 0. The quantitative estimate of drug-likeness (QED) is 0.813. The van der Waals surface area contributed by atoms with Gasteiger partial charge in [0.05, 0.1) is 0 Å². The molecule has 2 aliphatic rings. The van der Waals surface area contributed by atoms with Crippen molar-refractivity contribution < 1.29 is 4.79 Å². The molecule has 0 aromatic carbocycles. The second kappa shape index (κ2) is 8.33. The summed E-state index contributed by atoms with van der Waals surface area (Å²) in [4.78, 5) is 12.7. The van der Waals surface area contributed by atoms with E-state index in [1.165, 1.54) is 44.9 Å². The van der Waals surface area contributed by atoms with Crippen LogP contribution in [0.4, 0.5) is 0 Å². The summed E-state index contributed by atoms with van der Waals surface area (Å²) < 4.78 is 0. The third-order valence-corrected chi connectivity index (χ3v) is 6.13. The van der Waals surface area contributed by atoms with Crippen LogP contribution in [0.5, 0.6) is 0 Å². The summed E-state index contributed by atoms with van der Waals surface area (Å²) in [5.41, 5.74) is 6.33. The number of nitrogens with one attached hydrogen (secondary N) is 1. The van der Waals surface area contributed by atoms with Crippen LogP contribution in [0.3, 0.4) is 0 Å². The van der Waals surface area contributed by atoms with Crippen LogP contribution in [0, 0.1) is 29.6 Å². The van der Waals surface area contributed by atoms with Crippen LogP contribution in [0.2, 0.25) is 0 Å². The number of hydrogen-bond acceptors (Lipinski definition) is 2. The number of hydrogen-bond donors (Lipinski definition) is 2. The van der Waals surface area contributed by atoms with Gasteiger partial charge in [-0.05, 0) is 49.4 Å². The third kappa shape index (κ3) is 4.71. The molecule has 0 spiro atoms. The molecule has 3 nitrogen and oxygen atoms in total. The van der Waals surface area contributed by atoms with E-state index in [1.807, 2.05) is 0 Å². The van der Waals surface area contributed by atoms with Gasteiger partial charge in [-0.15, -0.1) is 0 Å². The zero-order chi connectivity index (χ0) is 16.1. The number of amides is 1. The Morgan fingerprint density at radius 1 is 1.14 bits per heavy atom. The van der Waals surface area contributed by atoms with Gasteiger partial charge in [0.25, 0.3) is 0 Å². The summed E-state index contributed by atoms with van der Waals surface area (Å²) in [6.45, 7) is 7.47. The second-order valence-electron chi connectivity index (χ2n) is 8.24. The normalized spacial score (nSPS) is 32.0. The standard InChI is InChI=1S/C19H36N2O/c1-13(2)16-10-9-14(3)11-17(16)19(22)21-12-18(20)15-7-5-4-6-8-15/h13-18H,4-12,20H2,1-3H3,(H,21,22)/t14-,16+,17-,18-/m1/s1. The predicted molar refractivity (Wildman–Crippen MR) is 92.4 cm³/mol. The fourth-order valence-corrected chi connectivity index (χ4v) is 4.58. The van der Waals surface area contributed by atoms with Gasteiger partial charge in [0.1, 0.15) is 0 Å². The molecular weight excluding hydrogens is 272 g/mol. The first kappa shape index (κ1) is 17.8. The van der Waals surface area contributed by atoms with Gasteiger partial charge in [-0.2, -0.15) is 0 Å². The maximum Gasteiger partial charge on any atom is 0.223 e. The molecule has 2 aliphatic carbocycles. The molecule has 0 unspecified atom stereocenters. The van der Waals surface area contributed by atoms with E-state index in [4.69, 9.17) is 5.73 Å². The molecule has 3 heteroatoms. The second-order valence-corrected chi connectivity index (χ2v) is 8.24. The summed E-state index contributed by atoms with van der Waals surface area (Å²) in [6, 6.07) is 0.141. The van der Waals surface area contributed by atoms with E-state index in [2.05, 4.69) is 26.1 Å². The molecule has 1 amide bonds. The molecule has 4 atom stereocenters. The van der Waals surface area contributed by atoms with Gasteiger partial charge >= 0.3 is 0 Å². The zero-order valence-corrected chi connectivity index (χ0v) is 14.8. The fraction of sp³-hybridized carbons (Fsp3) is 0.947. The van der Waals surface area contributed by atoms with E-state index >= 15 is 0 Å². The Balaban J connectivity index is 1.83. The Morgan fingerprint density at radius 3 is 2.45 bits per heavy atom. The molecule has 128 valence electrons. The molecule has 2 rings (SSSR count). The molecule has 0 saturated heterocycles. The average molecular weight is 309 g/mol. The molecule has 0 bridgehead atoms. The van der Waals surface area contributed by atoms with Crippen molar-refractivity contribution in [2.45, 2.75) is 78.2 Å². The highest BCUT2D eigenvalue weighted by molar-refractivity contribution is 5.79. The number of rotatable bonds is 5. The van der Waals surface area contributed by atoms with E-state index < -0.39 is 0 Å². The van der Waals surface area contributed by atoms with Gasteiger partial charge in [0, 0.05) is 18.5 Å². The minimum absolute atomic E-state index is 0.141. The van der Waals surface area contributed by atoms with Crippen LogP contribution in [-0.2, 0) is 4.79 Å². The van der Waals surface area contributed by atoms with Crippen molar-refractivity contribution in [3.8, 4) is 0 Å². The van der Waals surface area contributed by atoms with Crippen molar-refractivity contribution >= 4 is 5.91 Å². The monoisotopic (exact) mass is 308 g/mol. The Labute approximate surface area is 136 Å². The molecule has 0 aromatic heterocycles. The van der Waals surface area contributed by atoms with Crippen molar-refractivity contribution in [1.82, 2.24) is 5.32 Å². The summed E-state index contributed by atoms with van der Waals surface area (Å²) in [5.74, 6) is 2.88. The maximum atomic E-state index is 12.7. The van der Waals surface area contributed by atoms with Crippen LogP contribution in [-0.4, -0.2) is 18.5 Å². The first-order valence-electron chi connectivity index (χ1n) is 9.52. The first-order valence-corrected chi connectivity index (χ1v) is 9.52. The highest BCUT2D eigenvalue weighted by Gasteiger charge is 2.35. The highest BCUT2D eigenvalue weighted by Crippen LogP contribution is 2.38. The van der Waals surface area contributed by atoms with Crippen LogP contribution >= 0.6 is 0 Å². The first-order chi connectivity index (χ1) is 10.5. The fourth-order valence-electron chi connectivity index (χ4n) is 4.58. The van der Waals surface area contributed by atoms with Crippen molar-refractivity contribution in [2.24, 2.45) is 35.3 Å². The van der Waals surface area contributed by atoms with Gasteiger partial charge in [-0.25, -0.2) is 0 Å². The largest absolute Gasteiger partial charge is 0.354 e. The Kier molecular flexibility index (Phi) is 6.73. The molecule has 0 heterocycles. The molecule has 0 aromatic rings. The molecule has 22 heavy (non-hydrogen) atoms. The van der Waals surface area contributed by atoms with Gasteiger partial charge in [0.2, 0.25) is 5.91 Å². The molecule has 3 N–H and O–H groups in total. The van der Waals surface area contributed by atoms with Crippen molar-refractivity contribution in [3.63, 3.8) is 0 Å². The Hall–Kier alpha value is -0.570. The highest BCUT2D eigenvalue weighted by atomic mass is 16.1. The van der Waals surface area contributed by atoms with Crippen molar-refractivity contribution in [1.29, 1.82) is 0 Å². The minimum atomic E-state index is 0.141. The lowest BCUT2D eigenvalue weighted by Gasteiger charge is -2.37. The SMILES string of the molecule is CC(C)[C@@H]1CC[C@@H](C)C[C@H]1C(=O)NC[C@@H](N)C1CCCCC1. The van der Waals surface area contributed by atoms with Crippen LogP contribution in [0.15, 0.2) is 0 Å². The Morgan fingerprint density at radius 2 is 1.82 bits per heavy atom. The van der Waals surface area contributed by atoms with Crippen molar-refractivity contribution in [3.05, 3.63) is 0 Å². The lowest BCUT2D eigenvalue weighted by molar-refractivity contribution is -0.129. The van der Waals surface area contributed by atoms with Gasteiger partial charge in [-0.3, -0.25) is 4.79 Å². The summed E-state index contributed by atoms with van der Waals surface area (Å²) in [5, 5.41) is 3.19. The summed E-state index contributed by atoms with van der Waals surface area (Å²) in [6.07, 6.45) is 9.97. The summed E-state index contributed by atoms with van der Waals surface area (Å²) >= 11 is 0. The maximum absolute atomic E-state index is 12.7. The average Bonchev–Trinajstić information content (AvgIpc) is 2.52. The number of carbonyl (C=O) groups excluding carboxylic acids is 1. The molecular formula is C19H36N2O. The minimum Gasteiger partial charge on any atom is -0.354 e. The van der Waals surface area contributed by atoms with Crippen molar-refractivity contribution in [2.75, 3.05) is 6.54 Å². The predicted octanol–water partition coefficient (Wildman–Crippen LogP) is 3.72. The molecule has 2 fully saturated rings. The number of carbonyl (C=O) groups is 1. The Bertz CT molecular complexity index is 349. The van der Waals surface area contributed by atoms with Crippen LogP contribution in [0.25, 0.3) is 0 Å². The molecule has 0 aliphatic heterocycles. The van der Waals surface area contributed by atoms with Crippen LogP contribution in [0.1, 0.15) is 72.1 Å². The van der Waals surface area contributed by atoms with Gasteiger partial charge < -0.3 is 11.1 Å². The van der Waals surface area contributed by atoms with E-state index in [0.717, 1.165) is 6.42 Å². The lowest BCUT2D eigenvalue weighted by atomic mass is 9.70.